The van der Waals surface area contributed by atoms with E-state index in [-0.39, 0.29) is 11.5 Å². The van der Waals surface area contributed by atoms with Gasteiger partial charge in [0, 0.05) is 37.8 Å². The van der Waals surface area contributed by atoms with E-state index in [9.17, 15) is 13.6 Å². The summed E-state index contributed by atoms with van der Waals surface area (Å²) in [6.45, 7) is 3.93. The zero-order valence-corrected chi connectivity index (χ0v) is 17.5. The van der Waals surface area contributed by atoms with Gasteiger partial charge in [-0.25, -0.2) is 13.8 Å². The minimum absolute atomic E-state index is 0.0195. The minimum atomic E-state index is -0.759. The number of carbonyl (C=O) groups is 1. The number of hydrogen-bond acceptors (Lipinski definition) is 4. The third-order valence-corrected chi connectivity index (χ3v) is 5.66. The van der Waals surface area contributed by atoms with E-state index in [0.717, 1.165) is 46.6 Å². The number of amidine groups is 1. The Morgan fingerprint density at radius 2 is 1.62 bits per heavy atom. The summed E-state index contributed by atoms with van der Waals surface area (Å²) >= 11 is 0. The number of fused-ring (bicyclic) bond motifs is 2. The number of aryl methyl sites for hydroxylation is 1. The van der Waals surface area contributed by atoms with Gasteiger partial charge in [-0.05, 0) is 43.3 Å². The van der Waals surface area contributed by atoms with E-state index in [1.54, 1.807) is 4.90 Å². The summed E-state index contributed by atoms with van der Waals surface area (Å²) in [5.74, 6) is 0.312. The van der Waals surface area contributed by atoms with Crippen LogP contribution in [0.15, 0.2) is 65.7 Å². The van der Waals surface area contributed by atoms with Gasteiger partial charge in [0.05, 0.1) is 5.56 Å². The normalized spacial score (nSPS) is 15.3. The van der Waals surface area contributed by atoms with Crippen molar-refractivity contribution in [3.05, 3.63) is 89.0 Å². The third-order valence-electron chi connectivity index (χ3n) is 5.66. The highest BCUT2D eigenvalue weighted by Crippen LogP contribution is 2.38. The van der Waals surface area contributed by atoms with Crippen molar-refractivity contribution in [2.45, 2.75) is 6.92 Å². The average Bonchev–Trinajstić information content (AvgIpc) is 2.94. The first-order chi connectivity index (χ1) is 15.5. The molecule has 32 heavy (non-hydrogen) atoms. The molecule has 0 atom stereocenters. The molecule has 3 aromatic carbocycles. The molecule has 2 heterocycles. The van der Waals surface area contributed by atoms with Gasteiger partial charge in [0.2, 0.25) is 0 Å². The molecule has 1 fully saturated rings. The summed E-state index contributed by atoms with van der Waals surface area (Å²) in [4.78, 5) is 21.4. The smallest absolute Gasteiger partial charge is 0.254 e. The standard InChI is InChI=1S/C25H21F2N3O2/c1-16-6-7-22-20(12-16)24(28-21-4-2-3-5-23(21)32-22)29-8-10-30(11-9-29)25(31)17-13-18(26)15-19(27)14-17/h2-7,12-15H,8-11H2,1H3. The van der Waals surface area contributed by atoms with Crippen molar-refractivity contribution in [2.24, 2.45) is 4.99 Å². The number of benzene rings is 3. The molecule has 5 nitrogen and oxygen atoms in total. The summed E-state index contributed by atoms with van der Waals surface area (Å²) in [6.07, 6.45) is 0. The largest absolute Gasteiger partial charge is 0.454 e. The zero-order chi connectivity index (χ0) is 22.2. The molecular weight excluding hydrogens is 412 g/mol. The summed E-state index contributed by atoms with van der Waals surface area (Å²) < 4.78 is 33.2. The molecule has 0 unspecified atom stereocenters. The van der Waals surface area contributed by atoms with Gasteiger partial charge in [-0.1, -0.05) is 23.8 Å². The minimum Gasteiger partial charge on any atom is -0.454 e. The monoisotopic (exact) mass is 433 g/mol. The number of rotatable bonds is 1. The molecule has 5 rings (SSSR count). The molecule has 2 aliphatic heterocycles. The first kappa shape index (κ1) is 20.2. The molecule has 162 valence electrons. The Balaban J connectivity index is 1.42. The third kappa shape index (κ3) is 3.82. The van der Waals surface area contributed by atoms with Crippen molar-refractivity contribution in [3.8, 4) is 11.5 Å². The van der Waals surface area contributed by atoms with E-state index in [2.05, 4.69) is 4.90 Å². The van der Waals surface area contributed by atoms with Gasteiger partial charge in [0.1, 0.15) is 28.9 Å². The van der Waals surface area contributed by atoms with Crippen molar-refractivity contribution >= 4 is 17.4 Å². The van der Waals surface area contributed by atoms with Crippen LogP contribution in [0.1, 0.15) is 21.5 Å². The molecule has 0 bridgehead atoms. The fourth-order valence-corrected chi connectivity index (χ4v) is 4.06. The molecule has 0 spiro atoms. The summed E-state index contributed by atoms with van der Waals surface area (Å²) in [6, 6.07) is 16.5. The van der Waals surface area contributed by atoms with Crippen LogP contribution in [0, 0.1) is 18.6 Å². The van der Waals surface area contributed by atoms with Gasteiger partial charge in [-0.3, -0.25) is 4.79 Å². The summed E-state index contributed by atoms with van der Waals surface area (Å²) in [5.41, 5.74) is 2.75. The van der Waals surface area contributed by atoms with E-state index in [1.165, 1.54) is 0 Å². The SMILES string of the molecule is Cc1ccc2c(c1)C(N1CCN(C(=O)c3cc(F)cc(F)c3)CC1)=Nc1ccccc1O2. The second-order valence-electron chi connectivity index (χ2n) is 7.94. The number of amides is 1. The molecule has 1 saturated heterocycles. The topological polar surface area (TPSA) is 45.1 Å². The lowest BCUT2D eigenvalue weighted by Gasteiger charge is -2.36. The number of carbonyl (C=O) groups excluding carboxylic acids is 1. The van der Waals surface area contributed by atoms with Crippen LogP contribution in [-0.2, 0) is 0 Å². The number of halogens is 2. The summed E-state index contributed by atoms with van der Waals surface area (Å²) in [7, 11) is 0. The average molecular weight is 433 g/mol. The quantitative estimate of drug-likeness (QED) is 0.548. The van der Waals surface area contributed by atoms with E-state index in [1.807, 2.05) is 49.4 Å². The van der Waals surface area contributed by atoms with Gasteiger partial charge >= 0.3 is 0 Å². The van der Waals surface area contributed by atoms with Crippen LogP contribution in [-0.4, -0.2) is 47.7 Å². The second kappa shape index (κ2) is 8.07. The van der Waals surface area contributed by atoms with Crippen LogP contribution in [0.4, 0.5) is 14.5 Å². The fraction of sp³-hybridized carbons (Fsp3) is 0.200. The molecule has 0 N–H and O–H groups in total. The van der Waals surface area contributed by atoms with Crippen molar-refractivity contribution < 1.29 is 18.3 Å². The van der Waals surface area contributed by atoms with Gasteiger partial charge in [0.15, 0.2) is 5.75 Å². The first-order valence-corrected chi connectivity index (χ1v) is 10.4. The molecule has 3 aromatic rings. The maximum absolute atomic E-state index is 13.5. The zero-order valence-electron chi connectivity index (χ0n) is 17.5. The van der Waals surface area contributed by atoms with Gasteiger partial charge in [-0.2, -0.15) is 0 Å². The van der Waals surface area contributed by atoms with E-state index in [0.29, 0.717) is 31.9 Å². The number of hydrogen-bond donors (Lipinski definition) is 0. The molecule has 0 radical (unpaired) electrons. The Morgan fingerprint density at radius 1 is 0.906 bits per heavy atom. The van der Waals surface area contributed by atoms with Crippen LogP contribution >= 0.6 is 0 Å². The number of aliphatic imine (C=N–C) groups is 1. The second-order valence-corrected chi connectivity index (χ2v) is 7.94. The van der Waals surface area contributed by atoms with Gasteiger partial charge in [0.25, 0.3) is 5.91 Å². The Kier molecular flexibility index (Phi) is 5.09. The fourth-order valence-electron chi connectivity index (χ4n) is 4.06. The maximum atomic E-state index is 13.5. The molecule has 1 amide bonds. The van der Waals surface area contributed by atoms with Crippen LogP contribution in [0.2, 0.25) is 0 Å². The van der Waals surface area contributed by atoms with Crippen LogP contribution < -0.4 is 4.74 Å². The Hall–Kier alpha value is -3.74. The summed E-state index contributed by atoms with van der Waals surface area (Å²) in [5, 5.41) is 0. The highest BCUT2D eigenvalue weighted by Gasteiger charge is 2.28. The Bertz CT molecular complexity index is 1210. The van der Waals surface area contributed by atoms with Gasteiger partial charge < -0.3 is 14.5 Å². The predicted molar refractivity (Wildman–Crippen MR) is 118 cm³/mol. The predicted octanol–water partition coefficient (Wildman–Crippen LogP) is 4.92. The lowest BCUT2D eigenvalue weighted by atomic mass is 10.1. The van der Waals surface area contributed by atoms with Crippen molar-refractivity contribution in [3.63, 3.8) is 0 Å². The van der Waals surface area contributed by atoms with Crippen molar-refractivity contribution in [1.82, 2.24) is 9.80 Å². The van der Waals surface area contributed by atoms with E-state index in [4.69, 9.17) is 9.73 Å². The first-order valence-electron chi connectivity index (χ1n) is 10.4. The number of ether oxygens (including phenoxy) is 1. The molecular formula is C25H21F2N3O2. The number of nitrogens with zero attached hydrogens (tertiary/aromatic N) is 3. The van der Waals surface area contributed by atoms with Crippen LogP contribution in [0.3, 0.4) is 0 Å². The van der Waals surface area contributed by atoms with Gasteiger partial charge in [-0.15, -0.1) is 0 Å². The molecule has 2 aliphatic rings. The van der Waals surface area contributed by atoms with Crippen LogP contribution in [0.5, 0.6) is 11.5 Å². The number of piperazine rings is 1. The van der Waals surface area contributed by atoms with Crippen LogP contribution in [0.25, 0.3) is 0 Å². The molecule has 0 saturated carbocycles. The Morgan fingerprint density at radius 3 is 2.38 bits per heavy atom. The highest BCUT2D eigenvalue weighted by molar-refractivity contribution is 6.04. The molecule has 0 aliphatic carbocycles. The van der Waals surface area contributed by atoms with E-state index < -0.39 is 11.6 Å². The highest BCUT2D eigenvalue weighted by atomic mass is 19.1. The van der Waals surface area contributed by atoms with Crippen molar-refractivity contribution in [1.29, 1.82) is 0 Å². The molecule has 0 aromatic heterocycles. The lowest BCUT2D eigenvalue weighted by Crippen LogP contribution is -2.50. The van der Waals surface area contributed by atoms with E-state index >= 15 is 0 Å². The Labute approximate surface area is 184 Å². The maximum Gasteiger partial charge on any atom is 0.254 e. The molecule has 7 heteroatoms. The number of para-hydroxylation sites is 2. The lowest BCUT2D eigenvalue weighted by molar-refractivity contribution is 0.0691. The van der Waals surface area contributed by atoms with Crippen molar-refractivity contribution in [2.75, 3.05) is 26.2 Å².